The van der Waals surface area contributed by atoms with E-state index in [2.05, 4.69) is 53.2 Å². The summed E-state index contributed by atoms with van der Waals surface area (Å²) in [6.45, 7) is 18.4. The minimum atomic E-state index is -2.20. The Hall–Kier alpha value is 0.499. The van der Waals surface area contributed by atoms with Crippen molar-refractivity contribution in [2.45, 2.75) is 34.1 Å². The summed E-state index contributed by atoms with van der Waals surface area (Å²) in [5.74, 6) is 0. The van der Waals surface area contributed by atoms with E-state index in [0.717, 1.165) is 0 Å². The van der Waals surface area contributed by atoms with E-state index in [9.17, 15) is 0 Å². The van der Waals surface area contributed by atoms with Crippen molar-refractivity contribution >= 4 is 28.9 Å². The van der Waals surface area contributed by atoms with E-state index in [4.69, 9.17) is 0 Å². The molecule has 0 saturated heterocycles. The normalized spacial score (nSPS) is 11.1. The van der Waals surface area contributed by atoms with Crippen LogP contribution >= 0.6 is 12.7 Å². The van der Waals surface area contributed by atoms with Crippen LogP contribution in [0.3, 0.4) is 0 Å². The number of halogens is 1. The predicted molar refractivity (Wildman–Crippen MR) is 73.5 cm³/mol. The zero-order valence-electron chi connectivity index (χ0n) is 9.62. The van der Waals surface area contributed by atoms with Gasteiger partial charge in [0.1, 0.15) is 0 Å². The molecule has 0 amide bonds. The molecule has 0 unspecified atom stereocenters. The maximum atomic E-state index is 4.02. The molecular weight excluding hydrogens is 343 g/mol. The molecule has 2 heteroatoms. The molecule has 0 atom stereocenters. The van der Waals surface area contributed by atoms with Gasteiger partial charge in [-0.1, -0.05) is 0 Å². The van der Waals surface area contributed by atoms with Crippen LogP contribution in [0.4, 0.5) is 0 Å². The summed E-state index contributed by atoms with van der Waals surface area (Å²) in [7, 11) is 0. The standard InChI is InChI=1S/3C4H7.BrH.Sn/c3*1-4(2)3;;/h3*1-2H2,3H3;1H;/q;;;;+1/p-1. The number of allylic oxidation sites excluding steroid dienone is 3. The molecule has 0 heterocycles. The Labute approximate surface area is 98.8 Å². The molecule has 0 aromatic heterocycles. The third-order valence-electron chi connectivity index (χ3n) is 1.86. The minimum absolute atomic E-state index is 1.19. The van der Waals surface area contributed by atoms with Crippen LogP contribution in [-0.4, -0.2) is 16.2 Å². The van der Waals surface area contributed by atoms with Crippen LogP contribution in [-0.2, 0) is 0 Å². The second-order valence-corrected chi connectivity index (χ2v) is 25.4. The van der Waals surface area contributed by atoms with E-state index in [1.165, 1.54) is 30.0 Å². The van der Waals surface area contributed by atoms with Gasteiger partial charge in [0.25, 0.3) is 0 Å². The van der Waals surface area contributed by atoms with Crippen molar-refractivity contribution in [2.75, 3.05) is 0 Å². The molecule has 0 aliphatic heterocycles. The first kappa shape index (κ1) is 14.5. The summed E-state index contributed by atoms with van der Waals surface area (Å²) in [5.41, 5.74) is 3.88. The summed E-state index contributed by atoms with van der Waals surface area (Å²) in [6.07, 6.45) is 0. The molecule has 0 aromatic carbocycles. The van der Waals surface area contributed by atoms with Crippen LogP contribution in [0.5, 0.6) is 0 Å². The Morgan fingerprint density at radius 3 is 1.21 bits per heavy atom. The molecule has 0 N–H and O–H groups in total. The zero-order chi connectivity index (χ0) is 11.4. The van der Waals surface area contributed by atoms with Crippen molar-refractivity contribution in [1.29, 1.82) is 0 Å². The van der Waals surface area contributed by atoms with Crippen molar-refractivity contribution in [3.8, 4) is 0 Å². The molecule has 0 aromatic rings. The van der Waals surface area contributed by atoms with Gasteiger partial charge in [-0.2, -0.15) is 0 Å². The second-order valence-electron chi connectivity index (χ2n) is 4.55. The number of rotatable bonds is 6. The van der Waals surface area contributed by atoms with Crippen LogP contribution < -0.4 is 0 Å². The second kappa shape index (κ2) is 6.16. The average molecular weight is 364 g/mol. The van der Waals surface area contributed by atoms with E-state index in [1.54, 1.807) is 0 Å². The van der Waals surface area contributed by atoms with Gasteiger partial charge in [0.05, 0.1) is 0 Å². The summed E-state index contributed by atoms with van der Waals surface area (Å²) < 4.78 is 3.57. The van der Waals surface area contributed by atoms with E-state index in [-0.39, 0.29) is 0 Å². The molecule has 80 valence electrons. The van der Waals surface area contributed by atoms with E-state index in [0.29, 0.717) is 0 Å². The summed E-state index contributed by atoms with van der Waals surface area (Å²) in [5, 5.41) is 0. The molecule has 0 rings (SSSR count). The van der Waals surface area contributed by atoms with Gasteiger partial charge in [0, 0.05) is 0 Å². The summed E-state index contributed by atoms with van der Waals surface area (Å²) in [6, 6.07) is 0. The first-order chi connectivity index (χ1) is 6.25. The fraction of sp³-hybridized carbons (Fsp3) is 0.500. The van der Waals surface area contributed by atoms with Crippen LogP contribution in [0.1, 0.15) is 20.8 Å². The molecule has 0 aliphatic rings. The van der Waals surface area contributed by atoms with Gasteiger partial charge in [-0.05, 0) is 0 Å². The monoisotopic (exact) mass is 364 g/mol. The third-order valence-corrected chi connectivity index (χ3v) is 18.1. The molecule has 0 nitrogen and oxygen atoms in total. The molecule has 0 aliphatic carbocycles. The van der Waals surface area contributed by atoms with Crippen LogP contribution in [0.2, 0.25) is 13.3 Å². The van der Waals surface area contributed by atoms with Crippen LogP contribution in [0, 0.1) is 0 Å². The van der Waals surface area contributed by atoms with Gasteiger partial charge in [0.15, 0.2) is 0 Å². The quantitative estimate of drug-likeness (QED) is 0.457. The first-order valence-electron chi connectivity index (χ1n) is 4.87. The van der Waals surface area contributed by atoms with Gasteiger partial charge in [-0.25, -0.2) is 0 Å². The van der Waals surface area contributed by atoms with Crippen LogP contribution in [0.25, 0.3) is 0 Å². The molecule has 14 heavy (non-hydrogen) atoms. The summed E-state index contributed by atoms with van der Waals surface area (Å²) >= 11 is 1.82. The number of hydrogen-bond donors (Lipinski definition) is 0. The predicted octanol–water partition coefficient (Wildman–Crippen LogP) is 5.06. The van der Waals surface area contributed by atoms with Crippen molar-refractivity contribution in [3.05, 3.63) is 36.5 Å². The van der Waals surface area contributed by atoms with E-state index in [1.807, 2.05) is 0 Å². The van der Waals surface area contributed by atoms with Gasteiger partial charge in [-0.15, -0.1) is 0 Å². The molecule has 0 saturated carbocycles. The maximum absolute atomic E-state index is 4.02. The van der Waals surface area contributed by atoms with Gasteiger partial charge in [-0.3, -0.25) is 0 Å². The van der Waals surface area contributed by atoms with Gasteiger partial charge >= 0.3 is 99.4 Å². The first-order valence-corrected chi connectivity index (χ1v) is 17.3. The van der Waals surface area contributed by atoms with Crippen molar-refractivity contribution in [1.82, 2.24) is 0 Å². The Bertz CT molecular complexity index is 212. The fourth-order valence-corrected chi connectivity index (χ4v) is 21.8. The Morgan fingerprint density at radius 1 is 0.857 bits per heavy atom. The molecule has 0 bridgehead atoms. The molecule has 0 radical (unpaired) electrons. The molecular formula is C12H21BrSn. The SMILES string of the molecule is C=C(C)[CH2][Sn]([Br])([CH2]C(=C)C)[CH2]C(=C)C. The molecule has 0 spiro atoms. The topological polar surface area (TPSA) is 0 Å². The Morgan fingerprint density at radius 2 is 1.07 bits per heavy atom. The van der Waals surface area contributed by atoms with E-state index >= 15 is 0 Å². The van der Waals surface area contributed by atoms with E-state index < -0.39 is 16.2 Å². The Kier molecular flexibility index (Phi) is 6.38. The van der Waals surface area contributed by atoms with Crippen molar-refractivity contribution in [2.24, 2.45) is 0 Å². The van der Waals surface area contributed by atoms with Crippen molar-refractivity contribution < 1.29 is 0 Å². The number of hydrogen-bond acceptors (Lipinski definition) is 0. The third kappa shape index (κ3) is 6.88. The van der Waals surface area contributed by atoms with Gasteiger partial charge in [0.2, 0.25) is 0 Å². The Balaban J connectivity index is 4.56. The van der Waals surface area contributed by atoms with Gasteiger partial charge < -0.3 is 0 Å². The average Bonchev–Trinajstić information content (AvgIpc) is 1.76. The molecule has 0 fully saturated rings. The zero-order valence-corrected chi connectivity index (χ0v) is 14.1. The van der Waals surface area contributed by atoms with Crippen molar-refractivity contribution in [3.63, 3.8) is 0 Å². The fourth-order valence-electron chi connectivity index (χ4n) is 1.81. The summed E-state index contributed by atoms with van der Waals surface area (Å²) in [4.78, 5) is 0. The van der Waals surface area contributed by atoms with Crippen LogP contribution in [0.15, 0.2) is 36.5 Å².